The third-order valence-corrected chi connectivity index (χ3v) is 7.12. The summed E-state index contributed by atoms with van der Waals surface area (Å²) >= 11 is 4.45. The minimum Gasteiger partial charge on any atom is -0.466 e. The third kappa shape index (κ3) is 4.51. The first-order valence-electron chi connectivity index (χ1n) is 6.86. The van der Waals surface area contributed by atoms with E-state index in [2.05, 4.69) is 20.7 Å². The lowest BCUT2D eigenvalue weighted by atomic mass is 9.86. The zero-order valence-electron chi connectivity index (χ0n) is 11.7. The Kier molecular flexibility index (Phi) is 5.81. The number of halogens is 1. The molecule has 1 fully saturated rings. The van der Waals surface area contributed by atoms with E-state index in [1.165, 1.54) is 11.3 Å². The van der Waals surface area contributed by atoms with Crippen molar-refractivity contribution in [2.75, 3.05) is 6.61 Å². The summed E-state index contributed by atoms with van der Waals surface area (Å²) in [6.45, 7) is 2.18. The average molecular weight is 396 g/mol. The number of sulfonamides is 1. The zero-order valence-corrected chi connectivity index (χ0v) is 14.9. The molecule has 0 atom stereocenters. The second-order valence-electron chi connectivity index (χ2n) is 4.98. The van der Waals surface area contributed by atoms with Crippen molar-refractivity contribution in [3.8, 4) is 0 Å². The Bertz CT molecular complexity index is 591. The van der Waals surface area contributed by atoms with Crippen LogP contribution in [0.3, 0.4) is 0 Å². The summed E-state index contributed by atoms with van der Waals surface area (Å²) in [5.74, 6) is -0.261. The van der Waals surface area contributed by atoms with Crippen molar-refractivity contribution in [3.63, 3.8) is 0 Å². The van der Waals surface area contributed by atoms with Crippen molar-refractivity contribution < 1.29 is 17.9 Å². The van der Waals surface area contributed by atoms with Gasteiger partial charge in [-0.3, -0.25) is 4.79 Å². The summed E-state index contributed by atoms with van der Waals surface area (Å²) in [5, 5.41) is 0. The second kappa shape index (κ2) is 7.21. The van der Waals surface area contributed by atoms with E-state index in [9.17, 15) is 13.2 Å². The van der Waals surface area contributed by atoms with Crippen molar-refractivity contribution in [2.24, 2.45) is 5.92 Å². The highest BCUT2D eigenvalue weighted by molar-refractivity contribution is 9.11. The van der Waals surface area contributed by atoms with Crippen LogP contribution in [0.5, 0.6) is 0 Å². The summed E-state index contributed by atoms with van der Waals surface area (Å²) in [5.41, 5.74) is 0. The highest BCUT2D eigenvalue weighted by Gasteiger charge is 2.30. The van der Waals surface area contributed by atoms with Gasteiger partial charge in [-0.15, -0.1) is 11.3 Å². The largest absolute Gasteiger partial charge is 0.466 e. The number of ether oxygens (including phenoxy) is 1. The van der Waals surface area contributed by atoms with Gasteiger partial charge in [0.05, 0.1) is 16.3 Å². The van der Waals surface area contributed by atoms with Gasteiger partial charge >= 0.3 is 5.97 Å². The number of carbonyl (C=O) groups excluding carboxylic acids is 1. The average Bonchev–Trinajstić information content (AvgIpc) is 2.87. The topological polar surface area (TPSA) is 72.5 Å². The minimum atomic E-state index is -3.46. The van der Waals surface area contributed by atoms with Gasteiger partial charge in [0.2, 0.25) is 10.0 Å². The van der Waals surface area contributed by atoms with Crippen LogP contribution in [0.15, 0.2) is 20.1 Å². The van der Waals surface area contributed by atoms with Crippen LogP contribution in [0.4, 0.5) is 0 Å². The molecular weight excluding hydrogens is 378 g/mol. The number of nitrogens with one attached hydrogen (secondary N) is 1. The maximum atomic E-state index is 12.2. The van der Waals surface area contributed by atoms with E-state index in [0.717, 1.165) is 3.79 Å². The molecule has 1 aliphatic rings. The smallest absolute Gasteiger partial charge is 0.308 e. The molecule has 118 valence electrons. The Labute approximate surface area is 137 Å². The first kappa shape index (κ1) is 16.9. The first-order chi connectivity index (χ1) is 9.92. The molecule has 5 nitrogen and oxygen atoms in total. The lowest BCUT2D eigenvalue weighted by Gasteiger charge is -2.27. The predicted molar refractivity (Wildman–Crippen MR) is 84.7 cm³/mol. The molecule has 0 aliphatic heterocycles. The highest BCUT2D eigenvalue weighted by atomic mass is 79.9. The first-order valence-corrected chi connectivity index (χ1v) is 9.96. The summed E-state index contributed by atoms with van der Waals surface area (Å²) < 4.78 is 33.3. The lowest BCUT2D eigenvalue weighted by molar-refractivity contribution is -0.149. The van der Waals surface area contributed by atoms with Crippen LogP contribution in [0.1, 0.15) is 32.6 Å². The summed E-state index contributed by atoms with van der Waals surface area (Å²) in [6, 6.07) is 3.19. The molecule has 1 aliphatic carbocycles. The van der Waals surface area contributed by atoms with Crippen LogP contribution >= 0.6 is 27.3 Å². The van der Waals surface area contributed by atoms with Crippen LogP contribution in [0, 0.1) is 5.92 Å². The monoisotopic (exact) mass is 395 g/mol. The molecule has 8 heteroatoms. The molecule has 0 saturated heterocycles. The molecule has 1 heterocycles. The van der Waals surface area contributed by atoms with E-state index in [1.807, 2.05) is 0 Å². The Morgan fingerprint density at radius 1 is 1.38 bits per heavy atom. The van der Waals surface area contributed by atoms with Gasteiger partial charge in [0.15, 0.2) is 0 Å². The van der Waals surface area contributed by atoms with Gasteiger partial charge in [-0.25, -0.2) is 13.1 Å². The normalized spacial score (nSPS) is 23.0. The van der Waals surface area contributed by atoms with E-state index in [4.69, 9.17) is 4.74 Å². The van der Waals surface area contributed by atoms with Gasteiger partial charge in [0, 0.05) is 6.04 Å². The minimum absolute atomic E-state index is 0.0958. The van der Waals surface area contributed by atoms with Gasteiger partial charge in [-0.2, -0.15) is 0 Å². The molecule has 0 radical (unpaired) electrons. The zero-order chi connectivity index (χ0) is 15.5. The van der Waals surface area contributed by atoms with Crippen molar-refractivity contribution in [3.05, 3.63) is 15.9 Å². The number of thiophene rings is 1. The van der Waals surface area contributed by atoms with E-state index in [-0.39, 0.29) is 17.9 Å². The fourth-order valence-corrected chi connectivity index (χ4v) is 5.76. The van der Waals surface area contributed by atoms with Crippen LogP contribution in [0.25, 0.3) is 0 Å². The number of rotatable bonds is 5. The van der Waals surface area contributed by atoms with Crippen molar-refractivity contribution in [2.45, 2.75) is 42.9 Å². The van der Waals surface area contributed by atoms with E-state index >= 15 is 0 Å². The third-order valence-electron chi connectivity index (χ3n) is 3.48. The van der Waals surface area contributed by atoms with Crippen LogP contribution in [0.2, 0.25) is 0 Å². The second-order valence-corrected chi connectivity index (χ2v) is 9.38. The van der Waals surface area contributed by atoms with E-state index < -0.39 is 10.0 Å². The number of esters is 1. The van der Waals surface area contributed by atoms with Gasteiger partial charge in [-0.1, -0.05) is 0 Å². The molecule has 0 amide bonds. The molecule has 1 N–H and O–H groups in total. The predicted octanol–water partition coefficient (Wildman–Crippen LogP) is 2.91. The van der Waals surface area contributed by atoms with Crippen LogP contribution < -0.4 is 4.72 Å². The molecule has 1 aromatic heterocycles. The standard InChI is InChI=1S/C13H18BrNO4S2/c1-2-19-13(16)9-3-5-10(6-4-9)15-21(17,18)12-8-7-11(14)20-12/h7-10,15H,2-6H2,1H3. The molecular formula is C13H18BrNO4S2. The molecule has 21 heavy (non-hydrogen) atoms. The van der Waals surface area contributed by atoms with E-state index in [1.54, 1.807) is 19.1 Å². The fourth-order valence-electron chi connectivity index (χ4n) is 2.43. The number of hydrogen-bond acceptors (Lipinski definition) is 5. The van der Waals surface area contributed by atoms with Crippen molar-refractivity contribution in [1.82, 2.24) is 4.72 Å². The summed E-state index contributed by atoms with van der Waals surface area (Å²) in [4.78, 5) is 11.6. The van der Waals surface area contributed by atoms with Crippen LogP contribution in [-0.4, -0.2) is 27.0 Å². The quantitative estimate of drug-likeness (QED) is 0.777. The molecule has 1 aromatic rings. The summed E-state index contributed by atoms with van der Waals surface area (Å²) in [7, 11) is -3.46. The van der Waals surface area contributed by atoms with Gasteiger partial charge in [0.1, 0.15) is 4.21 Å². The van der Waals surface area contributed by atoms with Crippen molar-refractivity contribution >= 4 is 43.3 Å². The Hall–Kier alpha value is -0.440. The maximum Gasteiger partial charge on any atom is 0.308 e. The molecule has 0 spiro atoms. The Balaban J connectivity index is 1.90. The maximum absolute atomic E-state index is 12.2. The molecule has 2 rings (SSSR count). The molecule has 0 aromatic carbocycles. The SMILES string of the molecule is CCOC(=O)C1CCC(NS(=O)(=O)c2ccc(Br)s2)CC1. The highest BCUT2D eigenvalue weighted by Crippen LogP contribution is 2.29. The fraction of sp³-hybridized carbons (Fsp3) is 0.615. The Morgan fingerprint density at radius 2 is 2.05 bits per heavy atom. The number of hydrogen-bond donors (Lipinski definition) is 1. The van der Waals surface area contributed by atoms with E-state index in [0.29, 0.717) is 36.5 Å². The summed E-state index contributed by atoms with van der Waals surface area (Å²) in [6.07, 6.45) is 2.66. The Morgan fingerprint density at radius 3 is 2.57 bits per heavy atom. The van der Waals surface area contributed by atoms with Gasteiger partial charge in [-0.05, 0) is 60.7 Å². The van der Waals surface area contributed by atoms with Crippen LogP contribution in [-0.2, 0) is 19.6 Å². The lowest BCUT2D eigenvalue weighted by Crippen LogP contribution is -2.38. The molecule has 0 bridgehead atoms. The van der Waals surface area contributed by atoms with Crippen molar-refractivity contribution in [1.29, 1.82) is 0 Å². The van der Waals surface area contributed by atoms with Gasteiger partial charge in [0.25, 0.3) is 0 Å². The number of carbonyl (C=O) groups is 1. The van der Waals surface area contributed by atoms with Gasteiger partial charge < -0.3 is 4.74 Å². The molecule has 0 unspecified atom stereocenters. The molecule has 1 saturated carbocycles.